The van der Waals surface area contributed by atoms with Crippen molar-refractivity contribution in [2.24, 2.45) is 0 Å². The average molecular weight is 264 g/mol. The van der Waals surface area contributed by atoms with Crippen molar-refractivity contribution in [2.45, 2.75) is 0 Å². The molecule has 0 atom stereocenters. The molecule has 20 heavy (non-hydrogen) atoms. The van der Waals surface area contributed by atoms with Crippen LogP contribution in [0.1, 0.15) is 11.1 Å². The van der Waals surface area contributed by atoms with Crippen molar-refractivity contribution in [3.05, 3.63) is 77.9 Å². The van der Waals surface area contributed by atoms with E-state index >= 15 is 0 Å². The van der Waals surface area contributed by atoms with Gasteiger partial charge in [-0.1, -0.05) is 54.6 Å². The zero-order valence-electron chi connectivity index (χ0n) is 11.3. The summed E-state index contributed by atoms with van der Waals surface area (Å²) in [6, 6.07) is 17.6. The molecule has 0 heterocycles. The molecule has 2 rings (SSSR count). The molecule has 0 N–H and O–H groups in total. The van der Waals surface area contributed by atoms with Crippen LogP contribution in [-0.4, -0.2) is 13.4 Å². The molecule has 2 heteroatoms. The SMILES string of the molecule is COc1ccc(C(/C=C/c2ccccc2)=C/C=O)cc1. The second-order valence-electron chi connectivity index (χ2n) is 4.23. The number of carbonyl (C=O) groups is 1. The van der Waals surface area contributed by atoms with Crippen molar-refractivity contribution < 1.29 is 9.53 Å². The number of benzene rings is 2. The molecule has 0 bridgehead atoms. The number of carbonyl (C=O) groups excluding carboxylic acids is 1. The van der Waals surface area contributed by atoms with E-state index in [0.29, 0.717) is 0 Å². The van der Waals surface area contributed by atoms with E-state index < -0.39 is 0 Å². The average Bonchev–Trinajstić information content (AvgIpc) is 2.52. The molecule has 2 aromatic rings. The standard InChI is InChI=1S/C18H16O2/c1-20-18-11-9-16(10-12-18)17(13-14-19)8-7-15-5-3-2-4-6-15/h2-14H,1H3/b8-7+,17-13+. The molecule has 0 saturated heterocycles. The Balaban J connectivity index is 2.25. The van der Waals surface area contributed by atoms with E-state index in [9.17, 15) is 4.79 Å². The molecular formula is C18H16O2. The predicted molar refractivity (Wildman–Crippen MR) is 82.5 cm³/mol. The Hall–Kier alpha value is -2.61. The first kappa shape index (κ1) is 13.8. The maximum atomic E-state index is 10.8. The molecule has 0 radical (unpaired) electrons. The minimum absolute atomic E-state index is 0.797. The van der Waals surface area contributed by atoms with Crippen molar-refractivity contribution in [3.63, 3.8) is 0 Å². The Labute approximate surface area is 119 Å². The zero-order chi connectivity index (χ0) is 14.2. The lowest BCUT2D eigenvalue weighted by molar-refractivity contribution is -0.104. The Morgan fingerprint density at radius 2 is 1.70 bits per heavy atom. The molecule has 0 aliphatic rings. The Morgan fingerprint density at radius 1 is 1.00 bits per heavy atom. The molecule has 0 aromatic heterocycles. The number of methoxy groups -OCH3 is 1. The van der Waals surface area contributed by atoms with Crippen LogP contribution < -0.4 is 4.74 Å². The van der Waals surface area contributed by atoms with Crippen LogP contribution in [0.25, 0.3) is 11.6 Å². The second-order valence-corrected chi connectivity index (χ2v) is 4.23. The molecule has 0 saturated carbocycles. The number of hydrogen-bond donors (Lipinski definition) is 0. The molecule has 0 fully saturated rings. The first-order chi connectivity index (χ1) is 9.83. The van der Waals surface area contributed by atoms with Crippen LogP contribution in [0.3, 0.4) is 0 Å². The van der Waals surface area contributed by atoms with E-state index in [2.05, 4.69) is 0 Å². The second kappa shape index (κ2) is 7.10. The summed E-state index contributed by atoms with van der Waals surface area (Å²) in [5.41, 5.74) is 2.94. The van der Waals surface area contributed by atoms with Crippen molar-refractivity contribution in [1.29, 1.82) is 0 Å². The van der Waals surface area contributed by atoms with Gasteiger partial charge in [0.15, 0.2) is 0 Å². The summed E-state index contributed by atoms with van der Waals surface area (Å²) in [4.78, 5) is 10.8. The zero-order valence-corrected chi connectivity index (χ0v) is 11.3. The number of aldehydes is 1. The minimum Gasteiger partial charge on any atom is -0.497 e. The van der Waals surface area contributed by atoms with Gasteiger partial charge in [-0.3, -0.25) is 4.79 Å². The van der Waals surface area contributed by atoms with Crippen molar-refractivity contribution in [2.75, 3.05) is 7.11 Å². The van der Waals surface area contributed by atoms with Gasteiger partial charge in [-0.05, 0) is 34.9 Å². The van der Waals surface area contributed by atoms with Gasteiger partial charge in [0.1, 0.15) is 12.0 Å². The Morgan fingerprint density at radius 3 is 2.30 bits per heavy atom. The molecule has 0 unspecified atom stereocenters. The van der Waals surface area contributed by atoms with Gasteiger partial charge in [-0.15, -0.1) is 0 Å². The highest BCUT2D eigenvalue weighted by Gasteiger charge is 1.98. The van der Waals surface area contributed by atoms with Crippen LogP contribution in [0.4, 0.5) is 0 Å². The lowest BCUT2D eigenvalue weighted by Crippen LogP contribution is -1.85. The molecule has 0 spiro atoms. The maximum absolute atomic E-state index is 10.8. The lowest BCUT2D eigenvalue weighted by atomic mass is 10.0. The fourth-order valence-corrected chi connectivity index (χ4v) is 1.85. The van der Waals surface area contributed by atoms with Crippen molar-refractivity contribution in [1.82, 2.24) is 0 Å². The number of ether oxygens (including phenoxy) is 1. The van der Waals surface area contributed by atoms with Crippen LogP contribution in [0.2, 0.25) is 0 Å². The number of rotatable bonds is 5. The summed E-state index contributed by atoms with van der Waals surface area (Å²) >= 11 is 0. The van der Waals surface area contributed by atoms with Gasteiger partial charge < -0.3 is 4.74 Å². The van der Waals surface area contributed by atoms with Crippen LogP contribution >= 0.6 is 0 Å². The maximum Gasteiger partial charge on any atom is 0.143 e. The van der Waals surface area contributed by atoms with E-state index in [1.165, 1.54) is 0 Å². The van der Waals surface area contributed by atoms with Gasteiger partial charge in [0.25, 0.3) is 0 Å². The van der Waals surface area contributed by atoms with Crippen LogP contribution in [0, 0.1) is 0 Å². The molecule has 2 nitrogen and oxygen atoms in total. The number of allylic oxidation sites excluding steroid dienone is 3. The normalized spacial score (nSPS) is 11.6. The highest BCUT2D eigenvalue weighted by atomic mass is 16.5. The summed E-state index contributed by atoms with van der Waals surface area (Å²) in [5.74, 6) is 0.797. The van der Waals surface area contributed by atoms with E-state index in [-0.39, 0.29) is 0 Å². The molecule has 0 aliphatic heterocycles. The van der Waals surface area contributed by atoms with Crippen LogP contribution in [0.5, 0.6) is 5.75 Å². The molecule has 0 aliphatic carbocycles. The first-order valence-electron chi connectivity index (χ1n) is 6.36. The summed E-state index contributed by atoms with van der Waals surface area (Å²) in [7, 11) is 1.63. The molecule has 0 amide bonds. The third-order valence-corrected chi connectivity index (χ3v) is 2.93. The van der Waals surface area contributed by atoms with Gasteiger partial charge in [-0.25, -0.2) is 0 Å². The fourth-order valence-electron chi connectivity index (χ4n) is 1.85. The molecular weight excluding hydrogens is 248 g/mol. The van der Waals surface area contributed by atoms with Gasteiger partial charge in [0.2, 0.25) is 0 Å². The summed E-state index contributed by atoms with van der Waals surface area (Å²) < 4.78 is 5.13. The van der Waals surface area contributed by atoms with Crippen molar-refractivity contribution in [3.8, 4) is 5.75 Å². The topological polar surface area (TPSA) is 26.3 Å². The highest BCUT2D eigenvalue weighted by molar-refractivity contribution is 5.88. The first-order valence-corrected chi connectivity index (χ1v) is 6.36. The van der Waals surface area contributed by atoms with Crippen LogP contribution in [0.15, 0.2) is 66.7 Å². The lowest BCUT2D eigenvalue weighted by Gasteiger charge is -2.04. The minimum atomic E-state index is 0.797. The highest BCUT2D eigenvalue weighted by Crippen LogP contribution is 2.20. The largest absolute Gasteiger partial charge is 0.497 e. The number of hydrogen-bond acceptors (Lipinski definition) is 2. The third kappa shape index (κ3) is 3.69. The Bertz CT molecular complexity index is 608. The van der Waals surface area contributed by atoms with E-state index in [4.69, 9.17) is 4.74 Å². The molecule has 2 aromatic carbocycles. The fraction of sp³-hybridized carbons (Fsp3) is 0.0556. The Kier molecular flexibility index (Phi) is 4.90. The predicted octanol–water partition coefficient (Wildman–Crippen LogP) is 3.99. The van der Waals surface area contributed by atoms with Gasteiger partial charge in [-0.2, -0.15) is 0 Å². The van der Waals surface area contributed by atoms with E-state index in [0.717, 1.165) is 28.7 Å². The third-order valence-electron chi connectivity index (χ3n) is 2.93. The van der Waals surface area contributed by atoms with Crippen molar-refractivity contribution >= 4 is 17.9 Å². The quantitative estimate of drug-likeness (QED) is 0.463. The summed E-state index contributed by atoms with van der Waals surface area (Å²) in [5, 5.41) is 0. The monoisotopic (exact) mass is 264 g/mol. The van der Waals surface area contributed by atoms with Gasteiger partial charge in [0.05, 0.1) is 7.11 Å². The summed E-state index contributed by atoms with van der Waals surface area (Å²) in [6.45, 7) is 0. The smallest absolute Gasteiger partial charge is 0.143 e. The van der Waals surface area contributed by atoms with Crippen LogP contribution in [-0.2, 0) is 4.79 Å². The van der Waals surface area contributed by atoms with Gasteiger partial charge >= 0.3 is 0 Å². The van der Waals surface area contributed by atoms with E-state index in [1.807, 2.05) is 66.7 Å². The molecule has 100 valence electrons. The summed E-state index contributed by atoms with van der Waals surface area (Å²) in [6.07, 6.45) is 6.28. The van der Waals surface area contributed by atoms with Gasteiger partial charge in [0, 0.05) is 0 Å². The van der Waals surface area contributed by atoms with E-state index in [1.54, 1.807) is 13.2 Å².